The third-order valence-electron chi connectivity index (χ3n) is 10.3. The van der Waals surface area contributed by atoms with E-state index in [0.717, 1.165) is 25.7 Å². The molecule has 8 heteroatoms. The first-order chi connectivity index (χ1) is 27.9. The van der Waals surface area contributed by atoms with Crippen molar-refractivity contribution in [3.8, 4) is 23.0 Å². The van der Waals surface area contributed by atoms with E-state index in [0.29, 0.717) is 24.7 Å². The second-order valence-corrected chi connectivity index (χ2v) is 15.6. The van der Waals surface area contributed by atoms with Crippen LogP contribution < -0.4 is 29.8 Å². The lowest BCUT2D eigenvalue weighted by Gasteiger charge is -2.05. The van der Waals surface area contributed by atoms with Crippen molar-refractivity contribution in [2.24, 2.45) is 0 Å². The Balaban J connectivity index is 1.57. The fraction of sp³-hybridized carbons (Fsp3) is 0.673. The van der Waals surface area contributed by atoms with Crippen LogP contribution >= 0.6 is 0 Å². The Morgan fingerprint density at radius 1 is 0.368 bits per heavy atom. The maximum absolute atomic E-state index is 12.5. The third kappa shape index (κ3) is 26.8. The van der Waals surface area contributed by atoms with Gasteiger partial charge in [0.1, 0.15) is 11.5 Å². The molecule has 0 unspecified atom stereocenters. The molecule has 0 spiro atoms. The Morgan fingerprint density at radius 2 is 0.649 bits per heavy atom. The first-order valence-electron chi connectivity index (χ1n) is 22.9. The van der Waals surface area contributed by atoms with Gasteiger partial charge in [-0.1, -0.05) is 168 Å². The summed E-state index contributed by atoms with van der Waals surface area (Å²) in [4.78, 5) is 50.0. The van der Waals surface area contributed by atoms with Gasteiger partial charge in [-0.2, -0.15) is 0 Å². The zero-order chi connectivity index (χ0) is 41.0. The van der Waals surface area contributed by atoms with Crippen LogP contribution in [0.5, 0.6) is 23.0 Å². The molecule has 8 nitrogen and oxygen atoms in total. The molecule has 0 bridgehead atoms. The lowest BCUT2D eigenvalue weighted by Crippen LogP contribution is -2.15. The first-order valence-corrected chi connectivity index (χ1v) is 22.9. The predicted molar refractivity (Wildman–Crippen MR) is 233 cm³/mol. The molecular formula is C49H76O8. The maximum atomic E-state index is 12.5. The van der Waals surface area contributed by atoms with Crippen molar-refractivity contribution in [1.29, 1.82) is 0 Å². The van der Waals surface area contributed by atoms with Gasteiger partial charge in [0.25, 0.3) is 0 Å². The van der Waals surface area contributed by atoms with Gasteiger partial charge in [0.15, 0.2) is 11.5 Å². The number of carbonyl (C=O) groups excluding carboxylic acids is 2. The molecule has 0 heterocycles. The average Bonchev–Trinajstić information content (AvgIpc) is 3.49. The molecule has 2 aromatic rings. The molecular weight excluding hydrogens is 717 g/mol. The van der Waals surface area contributed by atoms with Crippen molar-refractivity contribution in [2.75, 3.05) is 13.2 Å². The van der Waals surface area contributed by atoms with Crippen LogP contribution in [-0.4, -0.2) is 25.2 Å². The third-order valence-corrected chi connectivity index (χ3v) is 10.3. The Morgan fingerprint density at radius 3 is 0.965 bits per heavy atom. The highest BCUT2D eigenvalue weighted by Crippen LogP contribution is 2.17. The van der Waals surface area contributed by atoms with Gasteiger partial charge in [0.05, 0.1) is 13.2 Å². The molecule has 0 amide bonds. The second-order valence-electron chi connectivity index (χ2n) is 15.6. The monoisotopic (exact) mass is 793 g/mol. The molecule has 0 N–H and O–H groups in total. The molecule has 0 aliphatic heterocycles. The van der Waals surface area contributed by atoms with E-state index in [1.165, 1.54) is 166 Å². The van der Waals surface area contributed by atoms with Crippen LogP contribution in [0.2, 0.25) is 0 Å². The Labute approximate surface area is 344 Å². The average molecular weight is 793 g/mol. The van der Waals surface area contributed by atoms with Gasteiger partial charge < -0.3 is 18.9 Å². The zero-order valence-corrected chi connectivity index (χ0v) is 35.8. The highest BCUT2D eigenvalue weighted by molar-refractivity contribution is 5.75. The molecule has 0 aliphatic carbocycles. The Kier molecular flexibility index (Phi) is 29.8. The summed E-state index contributed by atoms with van der Waals surface area (Å²) in [7, 11) is 0. The standard InChI is InChI=1S/C49H76O8/c1-3-5-7-9-11-13-15-17-19-21-23-25-27-40-54-42-32-36-44(50)46(38-34-42)56-48(52)30-29-31-49(53)57-47-39-35-43(33-37-45(47)51)55-41-28-26-24-22-20-18-16-14-12-10-8-6-4-2/h32-39H,3-31,40-41H2,1-2H3. The van der Waals surface area contributed by atoms with Gasteiger partial charge in [-0.15, -0.1) is 0 Å². The number of ether oxygens (including phenoxy) is 4. The fourth-order valence-electron chi connectivity index (χ4n) is 6.78. The van der Waals surface area contributed by atoms with E-state index in [2.05, 4.69) is 13.8 Å². The molecule has 2 aromatic carbocycles. The summed E-state index contributed by atoms with van der Waals surface area (Å²) >= 11 is 0. The summed E-state index contributed by atoms with van der Waals surface area (Å²) in [5.41, 5.74) is -0.877. The number of hydrogen-bond donors (Lipinski definition) is 0. The lowest BCUT2D eigenvalue weighted by atomic mass is 10.0. The highest BCUT2D eigenvalue weighted by atomic mass is 16.5. The van der Waals surface area contributed by atoms with Crippen LogP contribution in [-0.2, 0) is 9.59 Å². The number of hydrogen-bond acceptors (Lipinski definition) is 8. The largest absolute Gasteiger partial charge is 0.494 e. The van der Waals surface area contributed by atoms with Crippen molar-refractivity contribution in [3.63, 3.8) is 0 Å². The molecule has 0 fully saturated rings. The van der Waals surface area contributed by atoms with Gasteiger partial charge >= 0.3 is 11.9 Å². The maximum Gasteiger partial charge on any atom is 0.311 e. The van der Waals surface area contributed by atoms with Crippen LogP contribution in [0.25, 0.3) is 0 Å². The van der Waals surface area contributed by atoms with E-state index in [4.69, 9.17) is 18.9 Å². The topological polar surface area (TPSA) is 105 Å². The van der Waals surface area contributed by atoms with Gasteiger partial charge in [-0.05, 0) is 67.8 Å². The minimum absolute atomic E-state index is 0.0977. The van der Waals surface area contributed by atoms with E-state index >= 15 is 0 Å². The van der Waals surface area contributed by atoms with E-state index in [1.807, 2.05) is 0 Å². The van der Waals surface area contributed by atoms with Crippen molar-refractivity contribution >= 4 is 11.9 Å². The van der Waals surface area contributed by atoms with Gasteiger partial charge in [-0.3, -0.25) is 19.2 Å². The van der Waals surface area contributed by atoms with E-state index in [1.54, 1.807) is 24.3 Å². The highest BCUT2D eigenvalue weighted by Gasteiger charge is 2.12. The summed E-state index contributed by atoms with van der Waals surface area (Å²) < 4.78 is 22.3. The lowest BCUT2D eigenvalue weighted by molar-refractivity contribution is -0.136. The summed E-state index contributed by atoms with van der Waals surface area (Å²) in [5, 5.41) is 0. The van der Waals surface area contributed by atoms with Crippen molar-refractivity contribution < 1.29 is 28.5 Å². The summed E-state index contributed by atoms with van der Waals surface area (Å²) in [5.74, 6) is -0.396. The summed E-state index contributed by atoms with van der Waals surface area (Å²) in [6.07, 6.45) is 33.3. The minimum atomic E-state index is -0.638. The van der Waals surface area contributed by atoms with E-state index in [-0.39, 0.29) is 30.8 Å². The van der Waals surface area contributed by atoms with Crippen molar-refractivity contribution in [1.82, 2.24) is 0 Å². The SMILES string of the molecule is CCCCCCCCCCCCCCCOc1ccc(OC(=O)CCCC(=O)Oc2ccc(OCCCCCCCCCCCCCCC)ccc2=O)c(=O)cc1. The van der Waals surface area contributed by atoms with E-state index < -0.39 is 22.8 Å². The summed E-state index contributed by atoms with van der Waals surface area (Å²) in [6, 6.07) is 12.0. The van der Waals surface area contributed by atoms with E-state index in [9.17, 15) is 19.2 Å². The fourth-order valence-corrected chi connectivity index (χ4v) is 6.78. The zero-order valence-electron chi connectivity index (χ0n) is 35.8. The molecule has 0 aliphatic rings. The van der Waals surface area contributed by atoms with Crippen molar-refractivity contribution in [2.45, 2.75) is 200 Å². The van der Waals surface area contributed by atoms with Gasteiger partial charge in [0.2, 0.25) is 10.9 Å². The van der Waals surface area contributed by atoms with Crippen LogP contribution in [0.1, 0.15) is 200 Å². The van der Waals surface area contributed by atoms with Crippen LogP contribution in [0.15, 0.2) is 58.1 Å². The van der Waals surface area contributed by atoms with Crippen LogP contribution in [0, 0.1) is 0 Å². The molecule has 0 saturated carbocycles. The van der Waals surface area contributed by atoms with Crippen molar-refractivity contribution in [3.05, 3.63) is 69.0 Å². The first kappa shape index (κ1) is 49.5. The number of esters is 2. The van der Waals surface area contributed by atoms with Crippen LogP contribution in [0.4, 0.5) is 0 Å². The Hall–Kier alpha value is -3.68. The quantitative estimate of drug-likeness (QED) is 0.0496. The van der Waals surface area contributed by atoms with Gasteiger partial charge in [0, 0.05) is 12.8 Å². The van der Waals surface area contributed by atoms with Crippen LogP contribution in [0.3, 0.4) is 0 Å². The molecule has 320 valence electrons. The smallest absolute Gasteiger partial charge is 0.311 e. The molecule has 0 atom stereocenters. The molecule has 0 saturated heterocycles. The number of unbranched alkanes of at least 4 members (excludes halogenated alkanes) is 24. The molecule has 0 aromatic heterocycles. The Bertz CT molecular complexity index is 1350. The molecule has 0 radical (unpaired) electrons. The molecule has 2 rings (SSSR count). The molecule has 57 heavy (non-hydrogen) atoms. The summed E-state index contributed by atoms with van der Waals surface area (Å²) in [6.45, 7) is 5.63. The second kappa shape index (κ2) is 34.4. The normalized spacial score (nSPS) is 11.0. The van der Waals surface area contributed by atoms with Gasteiger partial charge in [-0.25, -0.2) is 0 Å². The predicted octanol–water partition coefficient (Wildman–Crippen LogP) is 13.0. The minimum Gasteiger partial charge on any atom is -0.494 e. The number of carbonyl (C=O) groups is 2. The number of rotatable bonds is 36.